The summed E-state index contributed by atoms with van der Waals surface area (Å²) >= 11 is 0. The molecule has 2 aromatic rings. The summed E-state index contributed by atoms with van der Waals surface area (Å²) in [5.74, 6) is 0.753. The Kier molecular flexibility index (Phi) is 4.74. The first-order valence-electron chi connectivity index (χ1n) is 9.14. The number of pyridine rings is 1. The summed E-state index contributed by atoms with van der Waals surface area (Å²) in [5.41, 5.74) is 2.51. The largest absolute Gasteiger partial charge is 0.363 e. The van der Waals surface area contributed by atoms with E-state index >= 15 is 0 Å². The molecular weight excluding hydrogens is 332 g/mol. The van der Waals surface area contributed by atoms with E-state index in [2.05, 4.69) is 20.4 Å². The molecule has 2 aliphatic heterocycles. The predicted octanol–water partition coefficient (Wildman–Crippen LogP) is 2.45. The Morgan fingerprint density at radius 1 is 1.35 bits per heavy atom. The van der Waals surface area contributed by atoms with Gasteiger partial charge in [0.05, 0.1) is 23.2 Å². The van der Waals surface area contributed by atoms with E-state index in [1.54, 1.807) is 6.20 Å². The van der Waals surface area contributed by atoms with Crippen LogP contribution in [0.1, 0.15) is 36.4 Å². The average molecular weight is 356 g/mol. The van der Waals surface area contributed by atoms with Gasteiger partial charge in [-0.25, -0.2) is 0 Å². The molecule has 0 unspecified atom stereocenters. The molecule has 2 aliphatic rings. The fourth-order valence-electron chi connectivity index (χ4n) is 3.93. The lowest BCUT2D eigenvalue weighted by Crippen LogP contribution is -2.46. The summed E-state index contributed by atoms with van der Waals surface area (Å²) in [7, 11) is 0. The zero-order chi connectivity index (χ0) is 18.1. The standard InChI is InChI=1S/C19H24N4O3/c1-12-10-14(22-26-12)11-23-9-7-17-16(23)5-6-18(25-17)19(24)21-15-4-3-8-20-13(15)2/h3-4,8,10,16-18H,5-7,9,11H2,1-2H3,(H,21,24)/t16-,17-,18+/m0/s1. The van der Waals surface area contributed by atoms with E-state index in [0.29, 0.717) is 6.04 Å². The van der Waals surface area contributed by atoms with Crippen LogP contribution in [0.2, 0.25) is 0 Å². The number of fused-ring (bicyclic) bond motifs is 1. The molecule has 1 amide bonds. The third-order valence-electron chi connectivity index (χ3n) is 5.26. The Bertz CT molecular complexity index is 791. The highest BCUT2D eigenvalue weighted by molar-refractivity contribution is 5.94. The van der Waals surface area contributed by atoms with Gasteiger partial charge in [0.15, 0.2) is 0 Å². The van der Waals surface area contributed by atoms with Gasteiger partial charge in [-0.1, -0.05) is 5.16 Å². The second-order valence-electron chi connectivity index (χ2n) is 7.12. The molecule has 0 radical (unpaired) electrons. The van der Waals surface area contributed by atoms with Gasteiger partial charge in [-0.2, -0.15) is 0 Å². The molecule has 26 heavy (non-hydrogen) atoms. The van der Waals surface area contributed by atoms with Crippen molar-refractivity contribution in [2.45, 2.75) is 57.9 Å². The van der Waals surface area contributed by atoms with Crippen molar-refractivity contribution in [2.24, 2.45) is 0 Å². The molecule has 4 rings (SSSR count). The molecule has 0 bridgehead atoms. The van der Waals surface area contributed by atoms with Crippen LogP contribution in [-0.2, 0) is 16.1 Å². The Morgan fingerprint density at radius 3 is 3.00 bits per heavy atom. The molecule has 0 aromatic carbocycles. The second-order valence-corrected chi connectivity index (χ2v) is 7.12. The third-order valence-corrected chi connectivity index (χ3v) is 5.26. The second kappa shape index (κ2) is 7.17. The van der Waals surface area contributed by atoms with Gasteiger partial charge in [0, 0.05) is 31.4 Å². The molecule has 1 N–H and O–H groups in total. The third kappa shape index (κ3) is 3.50. The molecule has 7 heteroatoms. The van der Waals surface area contributed by atoms with Crippen LogP contribution in [0.25, 0.3) is 0 Å². The maximum absolute atomic E-state index is 12.6. The molecular formula is C19H24N4O3. The minimum absolute atomic E-state index is 0.0786. The summed E-state index contributed by atoms with van der Waals surface area (Å²) in [4.78, 5) is 19.2. The highest BCUT2D eigenvalue weighted by Gasteiger charge is 2.41. The molecule has 3 atom stereocenters. The van der Waals surface area contributed by atoms with E-state index in [-0.39, 0.29) is 12.0 Å². The summed E-state index contributed by atoms with van der Waals surface area (Å²) < 4.78 is 11.3. The summed E-state index contributed by atoms with van der Waals surface area (Å²) in [6, 6.07) is 6.00. The fourth-order valence-corrected chi connectivity index (χ4v) is 3.93. The van der Waals surface area contributed by atoms with Crippen molar-refractivity contribution in [3.63, 3.8) is 0 Å². The number of nitrogens with zero attached hydrogens (tertiary/aromatic N) is 3. The molecule has 4 heterocycles. The minimum Gasteiger partial charge on any atom is -0.363 e. The van der Waals surface area contributed by atoms with Gasteiger partial charge >= 0.3 is 0 Å². The molecule has 7 nitrogen and oxygen atoms in total. The molecule has 2 saturated heterocycles. The highest BCUT2D eigenvalue weighted by atomic mass is 16.5. The lowest BCUT2D eigenvalue weighted by Gasteiger charge is -2.35. The lowest BCUT2D eigenvalue weighted by atomic mass is 9.98. The van der Waals surface area contributed by atoms with Crippen molar-refractivity contribution in [2.75, 3.05) is 11.9 Å². The van der Waals surface area contributed by atoms with Crippen molar-refractivity contribution in [3.05, 3.63) is 41.5 Å². The number of aromatic nitrogens is 2. The Hall–Kier alpha value is -2.25. The topological polar surface area (TPSA) is 80.5 Å². The van der Waals surface area contributed by atoms with Gasteiger partial charge in [0.25, 0.3) is 5.91 Å². The fraction of sp³-hybridized carbons (Fsp3) is 0.526. The zero-order valence-corrected chi connectivity index (χ0v) is 15.1. The Labute approximate surface area is 152 Å². The van der Waals surface area contributed by atoms with E-state index < -0.39 is 6.10 Å². The van der Waals surface area contributed by atoms with Crippen molar-refractivity contribution in [3.8, 4) is 0 Å². The Morgan fingerprint density at radius 2 is 2.23 bits per heavy atom. The number of hydrogen-bond acceptors (Lipinski definition) is 6. The van der Waals surface area contributed by atoms with Gasteiger partial charge in [-0.05, 0) is 45.2 Å². The number of carbonyl (C=O) groups excluding carboxylic acids is 1. The number of hydrogen-bond donors (Lipinski definition) is 1. The van der Waals surface area contributed by atoms with Crippen molar-refractivity contribution in [1.29, 1.82) is 0 Å². The van der Waals surface area contributed by atoms with Crippen LogP contribution in [0, 0.1) is 13.8 Å². The van der Waals surface area contributed by atoms with E-state index in [0.717, 1.165) is 55.2 Å². The van der Waals surface area contributed by atoms with Crippen molar-refractivity contribution in [1.82, 2.24) is 15.0 Å². The smallest absolute Gasteiger partial charge is 0.253 e. The van der Waals surface area contributed by atoms with Gasteiger partial charge in [-0.15, -0.1) is 0 Å². The number of aryl methyl sites for hydroxylation is 2. The number of nitrogens with one attached hydrogen (secondary N) is 1. The number of anilines is 1. The number of carbonyl (C=O) groups is 1. The first-order chi connectivity index (χ1) is 12.6. The van der Waals surface area contributed by atoms with Crippen LogP contribution in [0.5, 0.6) is 0 Å². The minimum atomic E-state index is -0.398. The number of ether oxygens (including phenoxy) is 1. The van der Waals surface area contributed by atoms with Gasteiger partial charge < -0.3 is 14.6 Å². The number of rotatable bonds is 4. The SMILES string of the molecule is Cc1cc(CN2CC[C@@H]3O[C@@H](C(=O)Nc4cccnc4C)CC[C@@H]32)no1. The van der Waals surface area contributed by atoms with Crippen molar-refractivity contribution >= 4 is 11.6 Å². The first kappa shape index (κ1) is 17.2. The maximum atomic E-state index is 12.6. The van der Waals surface area contributed by atoms with E-state index in [4.69, 9.17) is 9.26 Å². The molecule has 0 aliphatic carbocycles. The van der Waals surface area contributed by atoms with Crippen LogP contribution in [0.15, 0.2) is 28.9 Å². The van der Waals surface area contributed by atoms with Gasteiger partial charge in [0.1, 0.15) is 11.9 Å². The molecule has 2 fully saturated rings. The zero-order valence-electron chi connectivity index (χ0n) is 15.1. The lowest BCUT2D eigenvalue weighted by molar-refractivity contribution is -0.138. The Balaban J connectivity index is 1.35. The van der Waals surface area contributed by atoms with Crippen LogP contribution < -0.4 is 5.32 Å². The monoisotopic (exact) mass is 356 g/mol. The maximum Gasteiger partial charge on any atom is 0.253 e. The summed E-state index contributed by atoms with van der Waals surface area (Å²) in [5, 5.41) is 7.04. The van der Waals surface area contributed by atoms with Crippen LogP contribution in [0.3, 0.4) is 0 Å². The number of amides is 1. The van der Waals surface area contributed by atoms with E-state index in [1.165, 1.54) is 0 Å². The van der Waals surface area contributed by atoms with Gasteiger partial charge in [-0.3, -0.25) is 14.7 Å². The molecule has 0 spiro atoms. The van der Waals surface area contributed by atoms with Crippen molar-refractivity contribution < 1.29 is 14.1 Å². The number of likely N-dealkylation sites (tertiary alicyclic amines) is 1. The average Bonchev–Trinajstić information content (AvgIpc) is 3.23. The predicted molar refractivity (Wildman–Crippen MR) is 95.6 cm³/mol. The normalized spacial score (nSPS) is 25.8. The van der Waals surface area contributed by atoms with Gasteiger partial charge in [0.2, 0.25) is 0 Å². The first-order valence-corrected chi connectivity index (χ1v) is 9.14. The molecule has 138 valence electrons. The quantitative estimate of drug-likeness (QED) is 0.906. The molecule has 0 saturated carbocycles. The highest BCUT2D eigenvalue weighted by Crippen LogP contribution is 2.33. The van der Waals surface area contributed by atoms with E-state index in [1.807, 2.05) is 32.0 Å². The summed E-state index contributed by atoms with van der Waals surface area (Å²) in [6.45, 7) is 5.51. The van der Waals surface area contributed by atoms with Crippen LogP contribution >= 0.6 is 0 Å². The van der Waals surface area contributed by atoms with Crippen LogP contribution in [-0.4, -0.2) is 45.7 Å². The van der Waals surface area contributed by atoms with Crippen LogP contribution in [0.4, 0.5) is 5.69 Å². The summed E-state index contributed by atoms with van der Waals surface area (Å²) in [6.07, 6.45) is 4.03. The molecule has 2 aromatic heterocycles. The van der Waals surface area contributed by atoms with E-state index in [9.17, 15) is 4.79 Å².